The Labute approximate surface area is 107 Å². The molecule has 1 aromatic rings. The third-order valence-corrected chi connectivity index (χ3v) is 4.10. The minimum atomic E-state index is 0.00486. The van der Waals surface area contributed by atoms with E-state index >= 15 is 0 Å². The Morgan fingerprint density at radius 1 is 1.50 bits per heavy atom. The zero-order valence-corrected chi connectivity index (χ0v) is 10.9. The minimum Gasteiger partial charge on any atom is -0.385 e. The van der Waals surface area contributed by atoms with Gasteiger partial charge in [0.1, 0.15) is 0 Å². The van der Waals surface area contributed by atoms with Crippen molar-refractivity contribution >= 4 is 0 Å². The Bertz CT molecular complexity index is 395. The SMILES string of the molecule is COCCC1(c2noc(C3CC3)n2)CCCNC1. The lowest BCUT2D eigenvalue weighted by molar-refractivity contribution is 0.148. The normalized spacial score (nSPS) is 28.5. The van der Waals surface area contributed by atoms with E-state index in [4.69, 9.17) is 9.26 Å². The van der Waals surface area contributed by atoms with Crippen molar-refractivity contribution < 1.29 is 9.26 Å². The number of methoxy groups -OCH3 is 1. The zero-order chi connectivity index (χ0) is 12.4. The van der Waals surface area contributed by atoms with Crippen LogP contribution in [0.5, 0.6) is 0 Å². The number of hydrogen-bond acceptors (Lipinski definition) is 5. The molecule has 1 unspecified atom stereocenters. The number of nitrogens with zero attached hydrogens (tertiary/aromatic N) is 2. The predicted molar refractivity (Wildman–Crippen MR) is 66.5 cm³/mol. The van der Waals surface area contributed by atoms with Crippen LogP contribution in [0.25, 0.3) is 0 Å². The van der Waals surface area contributed by atoms with Gasteiger partial charge in [0.05, 0.1) is 0 Å². The van der Waals surface area contributed by atoms with Crippen LogP contribution in [0, 0.1) is 0 Å². The first-order chi connectivity index (χ1) is 8.84. The molecule has 1 saturated carbocycles. The third kappa shape index (κ3) is 2.29. The summed E-state index contributed by atoms with van der Waals surface area (Å²) >= 11 is 0. The van der Waals surface area contributed by atoms with Gasteiger partial charge in [-0.2, -0.15) is 4.98 Å². The quantitative estimate of drug-likeness (QED) is 0.861. The summed E-state index contributed by atoms with van der Waals surface area (Å²) < 4.78 is 10.7. The second-order valence-corrected chi connectivity index (χ2v) is 5.53. The summed E-state index contributed by atoms with van der Waals surface area (Å²) in [7, 11) is 1.75. The molecule has 1 aliphatic carbocycles. The van der Waals surface area contributed by atoms with Crippen LogP contribution < -0.4 is 5.32 Å². The van der Waals surface area contributed by atoms with E-state index in [1.165, 1.54) is 12.8 Å². The van der Waals surface area contributed by atoms with Gasteiger partial charge >= 0.3 is 0 Å². The average molecular weight is 251 g/mol. The maximum atomic E-state index is 5.42. The van der Waals surface area contributed by atoms with Gasteiger partial charge in [0, 0.05) is 31.6 Å². The second kappa shape index (κ2) is 4.97. The Morgan fingerprint density at radius 2 is 2.39 bits per heavy atom. The molecule has 0 spiro atoms. The fourth-order valence-electron chi connectivity index (χ4n) is 2.73. The lowest BCUT2D eigenvalue weighted by Gasteiger charge is -2.34. The van der Waals surface area contributed by atoms with Crippen molar-refractivity contribution in [3.8, 4) is 0 Å². The number of ether oxygens (including phenoxy) is 1. The number of piperidine rings is 1. The fourth-order valence-corrected chi connectivity index (χ4v) is 2.73. The molecular weight excluding hydrogens is 230 g/mol. The average Bonchev–Trinajstić information content (AvgIpc) is 3.15. The highest BCUT2D eigenvalue weighted by Crippen LogP contribution is 2.40. The summed E-state index contributed by atoms with van der Waals surface area (Å²) in [6.07, 6.45) is 5.64. The van der Waals surface area contributed by atoms with Crippen LogP contribution in [0.4, 0.5) is 0 Å². The highest BCUT2D eigenvalue weighted by Gasteiger charge is 2.39. The van der Waals surface area contributed by atoms with Crippen LogP contribution in [-0.2, 0) is 10.2 Å². The molecule has 0 radical (unpaired) electrons. The molecular formula is C13H21N3O2. The molecule has 5 heteroatoms. The molecule has 3 rings (SSSR count). The first-order valence-electron chi connectivity index (χ1n) is 6.88. The summed E-state index contributed by atoms with van der Waals surface area (Å²) in [6, 6.07) is 0. The van der Waals surface area contributed by atoms with Gasteiger partial charge in [0.25, 0.3) is 0 Å². The van der Waals surface area contributed by atoms with E-state index < -0.39 is 0 Å². The molecule has 1 atom stereocenters. The van der Waals surface area contributed by atoms with Crippen LogP contribution >= 0.6 is 0 Å². The third-order valence-electron chi connectivity index (χ3n) is 4.10. The van der Waals surface area contributed by atoms with E-state index in [2.05, 4.69) is 15.5 Å². The highest BCUT2D eigenvalue weighted by molar-refractivity contribution is 5.12. The molecule has 1 N–H and O–H groups in total. The van der Waals surface area contributed by atoms with Gasteiger partial charge in [0.2, 0.25) is 5.89 Å². The van der Waals surface area contributed by atoms with E-state index in [1.807, 2.05) is 0 Å². The van der Waals surface area contributed by atoms with Crippen molar-refractivity contribution in [1.29, 1.82) is 0 Å². The first-order valence-corrected chi connectivity index (χ1v) is 6.88. The minimum absolute atomic E-state index is 0.00486. The van der Waals surface area contributed by atoms with E-state index in [1.54, 1.807) is 7.11 Å². The maximum Gasteiger partial charge on any atom is 0.229 e. The van der Waals surface area contributed by atoms with Crippen LogP contribution in [0.15, 0.2) is 4.52 Å². The Morgan fingerprint density at radius 3 is 3.06 bits per heavy atom. The largest absolute Gasteiger partial charge is 0.385 e. The molecule has 1 aromatic heterocycles. The molecule has 0 bridgehead atoms. The lowest BCUT2D eigenvalue weighted by Crippen LogP contribution is -2.44. The van der Waals surface area contributed by atoms with Crippen molar-refractivity contribution in [2.45, 2.75) is 43.4 Å². The van der Waals surface area contributed by atoms with Crippen LogP contribution in [0.3, 0.4) is 0 Å². The summed E-state index contributed by atoms with van der Waals surface area (Å²) in [5, 5.41) is 7.70. The first kappa shape index (κ1) is 12.1. The maximum absolute atomic E-state index is 5.42. The van der Waals surface area contributed by atoms with E-state index in [0.717, 1.165) is 50.7 Å². The molecule has 2 aliphatic rings. The molecule has 1 saturated heterocycles. The second-order valence-electron chi connectivity index (χ2n) is 5.53. The van der Waals surface area contributed by atoms with Crippen LogP contribution in [0.1, 0.15) is 49.7 Å². The van der Waals surface area contributed by atoms with Crippen LogP contribution in [-0.4, -0.2) is 36.9 Å². The predicted octanol–water partition coefficient (Wildman–Crippen LogP) is 1.60. The standard InChI is InChI=1S/C13H21N3O2/c1-17-8-6-13(5-2-7-14-9-13)12-15-11(18-16-12)10-3-4-10/h10,14H,2-9H2,1H3. The van der Waals surface area contributed by atoms with Crippen molar-refractivity contribution in [3.05, 3.63) is 11.7 Å². The highest BCUT2D eigenvalue weighted by atomic mass is 16.5. The smallest absolute Gasteiger partial charge is 0.229 e. The Kier molecular flexibility index (Phi) is 3.35. The molecule has 18 heavy (non-hydrogen) atoms. The number of nitrogens with one attached hydrogen (secondary N) is 1. The van der Waals surface area contributed by atoms with E-state index in [0.29, 0.717) is 5.92 Å². The van der Waals surface area contributed by atoms with Gasteiger partial charge in [-0.15, -0.1) is 0 Å². The summed E-state index contributed by atoms with van der Waals surface area (Å²) in [5.41, 5.74) is 0.00486. The molecule has 2 heterocycles. The Hall–Kier alpha value is -0.940. The molecule has 100 valence electrons. The van der Waals surface area contributed by atoms with Gasteiger partial charge in [-0.05, 0) is 38.6 Å². The summed E-state index contributed by atoms with van der Waals surface area (Å²) in [5.74, 6) is 2.25. The summed E-state index contributed by atoms with van der Waals surface area (Å²) in [4.78, 5) is 4.65. The van der Waals surface area contributed by atoms with Gasteiger partial charge in [-0.3, -0.25) is 0 Å². The molecule has 2 fully saturated rings. The van der Waals surface area contributed by atoms with Gasteiger partial charge in [0.15, 0.2) is 5.82 Å². The topological polar surface area (TPSA) is 60.2 Å². The zero-order valence-electron chi connectivity index (χ0n) is 10.9. The molecule has 0 aromatic carbocycles. The van der Waals surface area contributed by atoms with Crippen molar-refractivity contribution in [2.75, 3.05) is 26.8 Å². The number of hydrogen-bond donors (Lipinski definition) is 1. The van der Waals surface area contributed by atoms with Crippen molar-refractivity contribution in [3.63, 3.8) is 0 Å². The fraction of sp³-hybridized carbons (Fsp3) is 0.846. The summed E-state index contributed by atoms with van der Waals surface area (Å²) in [6.45, 7) is 2.76. The van der Waals surface area contributed by atoms with Gasteiger partial charge < -0.3 is 14.6 Å². The molecule has 1 aliphatic heterocycles. The number of aromatic nitrogens is 2. The van der Waals surface area contributed by atoms with Crippen molar-refractivity contribution in [2.24, 2.45) is 0 Å². The van der Waals surface area contributed by atoms with Gasteiger partial charge in [-0.25, -0.2) is 0 Å². The number of rotatable bonds is 5. The van der Waals surface area contributed by atoms with E-state index in [-0.39, 0.29) is 5.41 Å². The van der Waals surface area contributed by atoms with Crippen molar-refractivity contribution in [1.82, 2.24) is 15.5 Å². The molecule has 0 amide bonds. The van der Waals surface area contributed by atoms with Crippen LogP contribution in [0.2, 0.25) is 0 Å². The molecule has 5 nitrogen and oxygen atoms in total. The lowest BCUT2D eigenvalue weighted by atomic mass is 9.77. The van der Waals surface area contributed by atoms with E-state index in [9.17, 15) is 0 Å². The monoisotopic (exact) mass is 251 g/mol. The Balaban J connectivity index is 1.81. The van der Waals surface area contributed by atoms with Gasteiger partial charge in [-0.1, -0.05) is 5.16 Å².